The minimum atomic E-state index is -3.44. The summed E-state index contributed by atoms with van der Waals surface area (Å²) in [4.78, 5) is 0.309. The Morgan fingerprint density at radius 1 is 1.35 bits per heavy atom. The molecule has 114 valence electrons. The first-order valence-corrected chi connectivity index (χ1v) is 8.52. The van der Waals surface area contributed by atoms with Crippen molar-refractivity contribution in [2.75, 3.05) is 20.1 Å². The number of hydrogen-bond acceptors (Lipinski definition) is 4. The second kappa shape index (κ2) is 5.87. The minimum absolute atomic E-state index is 0.309. The number of aryl methyl sites for hydroxylation is 1. The van der Waals surface area contributed by atoms with Gasteiger partial charge >= 0.3 is 0 Å². The molecule has 6 heteroatoms. The van der Waals surface area contributed by atoms with Crippen LogP contribution in [0.2, 0.25) is 0 Å². The molecule has 0 bridgehead atoms. The van der Waals surface area contributed by atoms with Gasteiger partial charge < -0.3 is 9.73 Å². The monoisotopic (exact) mass is 300 g/mol. The first kappa shape index (κ1) is 15.5. The number of piperidine rings is 1. The van der Waals surface area contributed by atoms with Crippen LogP contribution in [0.5, 0.6) is 0 Å². The van der Waals surface area contributed by atoms with Crippen molar-refractivity contribution >= 4 is 10.0 Å². The van der Waals surface area contributed by atoms with Gasteiger partial charge in [0, 0.05) is 19.2 Å². The SMILES string of the molecule is CNCc1cc(S(=O)(=O)N2CC(C)CC(C)C2)c(C)o1. The third-order valence-electron chi connectivity index (χ3n) is 3.73. The Kier molecular flexibility index (Phi) is 4.56. The summed E-state index contributed by atoms with van der Waals surface area (Å²) in [6.07, 6.45) is 1.08. The smallest absolute Gasteiger partial charge is 0.246 e. The van der Waals surface area contributed by atoms with Crippen molar-refractivity contribution in [3.05, 3.63) is 17.6 Å². The highest BCUT2D eigenvalue weighted by atomic mass is 32.2. The summed E-state index contributed by atoms with van der Waals surface area (Å²) in [5.41, 5.74) is 0. The van der Waals surface area contributed by atoms with Crippen LogP contribution in [0.3, 0.4) is 0 Å². The van der Waals surface area contributed by atoms with Gasteiger partial charge in [-0.2, -0.15) is 4.31 Å². The summed E-state index contributed by atoms with van der Waals surface area (Å²) in [7, 11) is -1.64. The van der Waals surface area contributed by atoms with E-state index in [1.54, 1.807) is 24.3 Å². The van der Waals surface area contributed by atoms with Gasteiger partial charge in [-0.3, -0.25) is 0 Å². The van der Waals surface area contributed by atoms with Crippen LogP contribution >= 0.6 is 0 Å². The molecule has 0 aliphatic carbocycles. The van der Waals surface area contributed by atoms with Crippen LogP contribution in [-0.4, -0.2) is 32.9 Å². The van der Waals surface area contributed by atoms with Gasteiger partial charge in [-0.25, -0.2) is 8.42 Å². The second-order valence-corrected chi connectivity index (χ2v) is 7.84. The van der Waals surface area contributed by atoms with Crippen molar-refractivity contribution in [3.63, 3.8) is 0 Å². The highest BCUT2D eigenvalue weighted by Gasteiger charge is 2.33. The number of hydrogen-bond donors (Lipinski definition) is 1. The number of nitrogens with one attached hydrogen (secondary N) is 1. The van der Waals surface area contributed by atoms with Crippen LogP contribution in [0.15, 0.2) is 15.4 Å². The number of rotatable bonds is 4. The fourth-order valence-electron chi connectivity index (χ4n) is 2.98. The molecule has 1 aromatic heterocycles. The zero-order valence-corrected chi connectivity index (χ0v) is 13.5. The molecule has 20 heavy (non-hydrogen) atoms. The molecule has 0 radical (unpaired) electrons. The third kappa shape index (κ3) is 3.07. The maximum atomic E-state index is 12.8. The van der Waals surface area contributed by atoms with Crippen molar-refractivity contribution in [1.29, 1.82) is 0 Å². The molecule has 1 aliphatic rings. The van der Waals surface area contributed by atoms with Crippen LogP contribution < -0.4 is 5.32 Å². The van der Waals surface area contributed by atoms with E-state index in [9.17, 15) is 8.42 Å². The lowest BCUT2D eigenvalue weighted by atomic mass is 9.94. The Morgan fingerprint density at radius 2 is 1.95 bits per heavy atom. The molecule has 0 spiro atoms. The van der Waals surface area contributed by atoms with Gasteiger partial charge in [0.1, 0.15) is 16.4 Å². The van der Waals surface area contributed by atoms with E-state index in [1.807, 2.05) is 0 Å². The average Bonchev–Trinajstić information content (AvgIpc) is 2.70. The molecule has 1 aromatic rings. The Bertz CT molecular complexity index is 555. The highest BCUT2D eigenvalue weighted by molar-refractivity contribution is 7.89. The summed E-state index contributed by atoms with van der Waals surface area (Å²) in [6, 6.07) is 1.64. The first-order valence-electron chi connectivity index (χ1n) is 7.08. The summed E-state index contributed by atoms with van der Waals surface area (Å²) < 4.78 is 32.6. The Hall–Kier alpha value is -0.850. The minimum Gasteiger partial charge on any atom is -0.464 e. The topological polar surface area (TPSA) is 62.6 Å². The van der Waals surface area contributed by atoms with Crippen molar-refractivity contribution in [3.8, 4) is 0 Å². The van der Waals surface area contributed by atoms with Gasteiger partial charge in [0.25, 0.3) is 0 Å². The van der Waals surface area contributed by atoms with E-state index in [1.165, 1.54) is 0 Å². The Balaban J connectivity index is 2.30. The maximum Gasteiger partial charge on any atom is 0.246 e. The predicted molar refractivity (Wildman–Crippen MR) is 77.9 cm³/mol. The molecule has 1 fully saturated rings. The van der Waals surface area contributed by atoms with E-state index in [-0.39, 0.29) is 0 Å². The fraction of sp³-hybridized carbons (Fsp3) is 0.714. The Morgan fingerprint density at radius 3 is 2.50 bits per heavy atom. The lowest BCUT2D eigenvalue weighted by Gasteiger charge is -2.33. The maximum absolute atomic E-state index is 12.8. The number of furan rings is 1. The largest absolute Gasteiger partial charge is 0.464 e. The van der Waals surface area contributed by atoms with Crippen molar-refractivity contribution in [1.82, 2.24) is 9.62 Å². The van der Waals surface area contributed by atoms with Gasteiger partial charge in [-0.15, -0.1) is 0 Å². The molecule has 2 atom stereocenters. The molecular weight excluding hydrogens is 276 g/mol. The number of sulfonamides is 1. The molecule has 2 unspecified atom stereocenters. The van der Waals surface area contributed by atoms with Crippen molar-refractivity contribution < 1.29 is 12.8 Å². The number of nitrogens with zero attached hydrogens (tertiary/aromatic N) is 1. The zero-order chi connectivity index (χ0) is 14.9. The lowest BCUT2D eigenvalue weighted by Crippen LogP contribution is -2.42. The van der Waals surface area contributed by atoms with Crippen LogP contribution in [0.25, 0.3) is 0 Å². The van der Waals surface area contributed by atoms with Gasteiger partial charge in [-0.05, 0) is 32.2 Å². The van der Waals surface area contributed by atoms with E-state index >= 15 is 0 Å². The molecule has 1 aliphatic heterocycles. The lowest BCUT2D eigenvalue weighted by molar-refractivity contribution is 0.222. The van der Waals surface area contributed by atoms with Gasteiger partial charge in [-0.1, -0.05) is 13.8 Å². The third-order valence-corrected chi connectivity index (χ3v) is 5.67. The van der Waals surface area contributed by atoms with Gasteiger partial charge in [0.2, 0.25) is 10.0 Å². The molecule has 0 amide bonds. The summed E-state index contributed by atoms with van der Waals surface area (Å²) in [6.45, 7) is 7.64. The normalized spacial score (nSPS) is 25.0. The van der Waals surface area contributed by atoms with Crippen LogP contribution in [0.1, 0.15) is 31.8 Å². The molecule has 1 N–H and O–H groups in total. The molecule has 2 heterocycles. The summed E-state index contributed by atoms with van der Waals surface area (Å²) in [5.74, 6) is 1.93. The first-order chi connectivity index (χ1) is 9.34. The molecule has 1 saturated heterocycles. The van der Waals surface area contributed by atoms with Gasteiger partial charge in [0.05, 0.1) is 6.54 Å². The summed E-state index contributed by atoms with van der Waals surface area (Å²) >= 11 is 0. The van der Waals surface area contributed by atoms with E-state index in [0.717, 1.165) is 6.42 Å². The molecule has 2 rings (SSSR count). The van der Waals surface area contributed by atoms with Gasteiger partial charge in [0.15, 0.2) is 0 Å². The van der Waals surface area contributed by atoms with Crippen LogP contribution in [0.4, 0.5) is 0 Å². The molecule has 5 nitrogen and oxygen atoms in total. The predicted octanol–water partition coefficient (Wildman–Crippen LogP) is 1.97. The van der Waals surface area contributed by atoms with E-state index in [4.69, 9.17) is 4.42 Å². The fourth-order valence-corrected chi connectivity index (χ4v) is 4.85. The van der Waals surface area contributed by atoms with Crippen LogP contribution in [0, 0.1) is 18.8 Å². The average molecular weight is 300 g/mol. The van der Waals surface area contributed by atoms with E-state index < -0.39 is 10.0 Å². The standard InChI is InChI=1S/C14H24N2O3S/c1-10-5-11(2)9-16(8-10)20(17,18)14-6-13(7-15-4)19-12(14)3/h6,10-11,15H,5,7-9H2,1-4H3. The summed E-state index contributed by atoms with van der Waals surface area (Å²) in [5, 5.41) is 2.97. The zero-order valence-electron chi connectivity index (χ0n) is 12.6. The van der Waals surface area contributed by atoms with E-state index in [2.05, 4.69) is 19.2 Å². The Labute approximate surface area is 121 Å². The highest BCUT2D eigenvalue weighted by Crippen LogP contribution is 2.29. The quantitative estimate of drug-likeness (QED) is 0.923. The second-order valence-electron chi connectivity index (χ2n) is 5.93. The van der Waals surface area contributed by atoms with Crippen LogP contribution in [-0.2, 0) is 16.6 Å². The molecular formula is C14H24N2O3S. The molecule has 0 saturated carbocycles. The van der Waals surface area contributed by atoms with Crippen molar-refractivity contribution in [2.24, 2.45) is 11.8 Å². The molecule has 0 aromatic carbocycles. The van der Waals surface area contributed by atoms with Crippen molar-refractivity contribution in [2.45, 2.75) is 38.6 Å². The van der Waals surface area contributed by atoms with E-state index in [0.29, 0.717) is 47.9 Å².